The maximum atomic E-state index is 13.6. The van der Waals surface area contributed by atoms with E-state index < -0.39 is 0 Å². The summed E-state index contributed by atoms with van der Waals surface area (Å²) >= 11 is 3.39. The van der Waals surface area contributed by atoms with Crippen LogP contribution in [0.5, 0.6) is 0 Å². The molecule has 3 heterocycles. The number of aryl methyl sites for hydroxylation is 1. The number of hydrazine groups is 1. The lowest BCUT2D eigenvalue weighted by atomic mass is 10.1. The highest BCUT2D eigenvalue weighted by Gasteiger charge is 2.23. The second-order valence-electron chi connectivity index (χ2n) is 7.00. The van der Waals surface area contributed by atoms with Crippen molar-refractivity contribution in [3.8, 4) is 0 Å². The summed E-state index contributed by atoms with van der Waals surface area (Å²) in [6, 6.07) is 12.8. The molecule has 9 heteroatoms. The fourth-order valence-corrected chi connectivity index (χ4v) is 3.35. The number of halogens is 1. The van der Waals surface area contributed by atoms with Crippen molar-refractivity contribution in [1.29, 1.82) is 0 Å². The molecule has 8 nitrogen and oxygen atoms in total. The van der Waals surface area contributed by atoms with Crippen LogP contribution >= 0.6 is 15.9 Å². The Bertz CT molecular complexity index is 1230. The first-order valence-corrected chi connectivity index (χ1v) is 10.3. The van der Waals surface area contributed by atoms with Gasteiger partial charge >= 0.3 is 0 Å². The molecule has 0 atom stereocenters. The van der Waals surface area contributed by atoms with E-state index in [1.54, 1.807) is 53.9 Å². The largest absolute Gasteiger partial charge is 0.383 e. The van der Waals surface area contributed by atoms with Gasteiger partial charge in [0.2, 0.25) is 5.95 Å². The van der Waals surface area contributed by atoms with Crippen LogP contribution in [-0.4, -0.2) is 37.9 Å². The molecule has 2 N–H and O–H groups in total. The van der Waals surface area contributed by atoms with Crippen LogP contribution in [0.1, 0.15) is 21.6 Å². The van der Waals surface area contributed by atoms with E-state index in [2.05, 4.69) is 35.9 Å². The van der Waals surface area contributed by atoms with Gasteiger partial charge in [0.05, 0.1) is 17.8 Å². The molecule has 156 valence electrons. The highest BCUT2D eigenvalue weighted by Crippen LogP contribution is 2.22. The standard InChI is InChI=1S/C22H20BrN7O/c1-14-10-16-11-15(4-7-19(16)28-20(14)24)21(31)30(13-18-6-5-17(23)12-27-18)29(2)22-25-8-3-9-26-22/h3-12H,13H2,1-2H3,(H2,24,28). The minimum atomic E-state index is -0.212. The van der Waals surface area contributed by atoms with Gasteiger partial charge in [-0.05, 0) is 70.9 Å². The molecule has 0 aliphatic heterocycles. The molecule has 31 heavy (non-hydrogen) atoms. The number of nitrogens with zero attached hydrogens (tertiary/aromatic N) is 6. The summed E-state index contributed by atoms with van der Waals surface area (Å²) in [5.41, 5.74) is 8.76. The van der Waals surface area contributed by atoms with Gasteiger partial charge in [0.1, 0.15) is 5.82 Å². The summed E-state index contributed by atoms with van der Waals surface area (Å²) in [6.07, 6.45) is 4.97. The van der Waals surface area contributed by atoms with Crippen LogP contribution in [0.3, 0.4) is 0 Å². The van der Waals surface area contributed by atoms with Crippen LogP contribution < -0.4 is 10.7 Å². The molecule has 0 aliphatic rings. The van der Waals surface area contributed by atoms with Crippen molar-refractivity contribution in [3.63, 3.8) is 0 Å². The van der Waals surface area contributed by atoms with Crippen molar-refractivity contribution in [2.75, 3.05) is 17.8 Å². The number of nitrogen functional groups attached to an aromatic ring is 1. The average Bonchev–Trinajstić information content (AvgIpc) is 2.79. The second kappa shape index (κ2) is 8.65. The number of pyridine rings is 2. The molecular weight excluding hydrogens is 458 g/mol. The van der Waals surface area contributed by atoms with E-state index >= 15 is 0 Å². The fourth-order valence-electron chi connectivity index (χ4n) is 3.11. The van der Waals surface area contributed by atoms with Gasteiger partial charge in [-0.1, -0.05) is 0 Å². The molecule has 1 amide bonds. The number of aromatic nitrogens is 4. The lowest BCUT2D eigenvalue weighted by Crippen LogP contribution is -2.45. The van der Waals surface area contributed by atoms with Gasteiger partial charge < -0.3 is 5.73 Å². The maximum absolute atomic E-state index is 13.6. The van der Waals surface area contributed by atoms with E-state index in [1.165, 1.54) is 0 Å². The lowest BCUT2D eigenvalue weighted by Gasteiger charge is -2.31. The Balaban J connectivity index is 1.72. The van der Waals surface area contributed by atoms with Crippen molar-refractivity contribution in [2.24, 2.45) is 0 Å². The Morgan fingerprint density at radius 2 is 1.87 bits per heavy atom. The molecule has 0 unspecified atom stereocenters. The fraction of sp³-hybridized carbons (Fsp3) is 0.136. The number of carbonyl (C=O) groups is 1. The number of hydrogen-bond acceptors (Lipinski definition) is 7. The van der Waals surface area contributed by atoms with Crippen molar-refractivity contribution < 1.29 is 4.79 Å². The molecule has 3 aromatic heterocycles. The van der Waals surface area contributed by atoms with E-state index in [1.807, 2.05) is 31.2 Å². The Morgan fingerprint density at radius 3 is 2.58 bits per heavy atom. The number of rotatable bonds is 5. The van der Waals surface area contributed by atoms with Crippen LogP contribution in [0.25, 0.3) is 10.9 Å². The van der Waals surface area contributed by atoms with Gasteiger partial charge in [-0.15, -0.1) is 0 Å². The Morgan fingerprint density at radius 1 is 1.10 bits per heavy atom. The topological polar surface area (TPSA) is 101 Å². The SMILES string of the molecule is Cc1cc2cc(C(=O)N(Cc3ccc(Br)cn3)N(C)c3ncccn3)ccc2nc1N. The second-order valence-corrected chi connectivity index (χ2v) is 7.92. The minimum Gasteiger partial charge on any atom is -0.383 e. The molecule has 0 fully saturated rings. The summed E-state index contributed by atoms with van der Waals surface area (Å²) in [4.78, 5) is 30.9. The van der Waals surface area contributed by atoms with E-state index in [-0.39, 0.29) is 12.5 Å². The van der Waals surface area contributed by atoms with E-state index in [9.17, 15) is 4.79 Å². The Hall–Kier alpha value is -3.59. The van der Waals surface area contributed by atoms with Gasteiger partial charge in [0.25, 0.3) is 5.91 Å². The van der Waals surface area contributed by atoms with Crippen LogP contribution in [0.4, 0.5) is 11.8 Å². The van der Waals surface area contributed by atoms with Gasteiger partial charge in [-0.2, -0.15) is 0 Å². The average molecular weight is 478 g/mol. The summed E-state index contributed by atoms with van der Waals surface area (Å²) in [5, 5.41) is 4.03. The van der Waals surface area contributed by atoms with E-state index in [4.69, 9.17) is 5.73 Å². The molecule has 4 aromatic rings. The molecular formula is C22H20BrN7O. The highest BCUT2D eigenvalue weighted by atomic mass is 79.9. The smallest absolute Gasteiger partial charge is 0.272 e. The summed E-state index contributed by atoms with van der Waals surface area (Å²) in [7, 11) is 1.75. The zero-order valence-electron chi connectivity index (χ0n) is 17.0. The first-order chi connectivity index (χ1) is 14.9. The molecule has 0 saturated heterocycles. The highest BCUT2D eigenvalue weighted by molar-refractivity contribution is 9.10. The predicted octanol–water partition coefficient (Wildman–Crippen LogP) is 3.77. The molecule has 0 spiro atoms. The summed E-state index contributed by atoms with van der Waals surface area (Å²) < 4.78 is 0.866. The molecule has 0 bridgehead atoms. The van der Waals surface area contributed by atoms with Crippen LogP contribution in [0.2, 0.25) is 0 Å². The first-order valence-electron chi connectivity index (χ1n) is 9.52. The van der Waals surface area contributed by atoms with Gasteiger partial charge in [-0.25, -0.2) is 20.0 Å². The quantitative estimate of drug-likeness (QED) is 0.436. The lowest BCUT2D eigenvalue weighted by molar-refractivity contribution is 0.0727. The van der Waals surface area contributed by atoms with Crippen molar-refractivity contribution in [1.82, 2.24) is 24.9 Å². The van der Waals surface area contributed by atoms with E-state index in [0.29, 0.717) is 17.3 Å². The van der Waals surface area contributed by atoms with Crippen molar-refractivity contribution in [3.05, 3.63) is 82.3 Å². The Labute approximate surface area is 187 Å². The Kier molecular flexibility index (Phi) is 5.77. The molecule has 1 aromatic carbocycles. The normalized spacial score (nSPS) is 10.8. The number of carbonyl (C=O) groups excluding carboxylic acids is 1. The van der Waals surface area contributed by atoms with Crippen molar-refractivity contribution in [2.45, 2.75) is 13.5 Å². The third-order valence-electron chi connectivity index (χ3n) is 4.83. The van der Waals surface area contributed by atoms with Gasteiger partial charge in [0.15, 0.2) is 0 Å². The zero-order valence-corrected chi connectivity index (χ0v) is 18.6. The predicted molar refractivity (Wildman–Crippen MR) is 123 cm³/mol. The third-order valence-corrected chi connectivity index (χ3v) is 5.30. The van der Waals surface area contributed by atoms with Crippen LogP contribution in [0.15, 0.2) is 65.5 Å². The maximum Gasteiger partial charge on any atom is 0.272 e. The van der Waals surface area contributed by atoms with Gasteiger partial charge in [-0.3, -0.25) is 14.8 Å². The molecule has 0 saturated carbocycles. The number of nitrogens with two attached hydrogens (primary N) is 1. The van der Waals surface area contributed by atoms with Crippen molar-refractivity contribution >= 4 is 44.5 Å². The minimum absolute atomic E-state index is 0.212. The summed E-state index contributed by atoms with van der Waals surface area (Å²) in [5.74, 6) is 0.672. The molecule has 0 radical (unpaired) electrons. The summed E-state index contributed by atoms with van der Waals surface area (Å²) in [6.45, 7) is 2.14. The van der Waals surface area contributed by atoms with Crippen LogP contribution in [-0.2, 0) is 6.54 Å². The number of hydrogen-bond donors (Lipinski definition) is 1. The number of anilines is 2. The molecule has 4 rings (SSSR count). The number of amides is 1. The number of fused-ring (bicyclic) bond motifs is 1. The monoisotopic (exact) mass is 477 g/mol. The zero-order chi connectivity index (χ0) is 22.0. The molecule has 0 aliphatic carbocycles. The first kappa shape index (κ1) is 20.7. The third kappa shape index (κ3) is 4.46. The van der Waals surface area contributed by atoms with E-state index in [0.717, 1.165) is 26.6 Å². The van der Waals surface area contributed by atoms with Crippen LogP contribution in [0, 0.1) is 6.92 Å². The number of benzene rings is 1. The van der Waals surface area contributed by atoms with Gasteiger partial charge in [0, 0.05) is 41.1 Å².